The van der Waals surface area contributed by atoms with Crippen molar-refractivity contribution in [2.24, 2.45) is 0 Å². The lowest BCUT2D eigenvalue weighted by molar-refractivity contribution is -0.139. The number of aryl methyl sites for hydroxylation is 1. The van der Waals surface area contributed by atoms with Gasteiger partial charge in [0.25, 0.3) is 0 Å². The number of amides is 1. The van der Waals surface area contributed by atoms with Crippen molar-refractivity contribution in [1.29, 1.82) is 0 Å². The van der Waals surface area contributed by atoms with Gasteiger partial charge in [0.15, 0.2) is 0 Å². The molecule has 2 N–H and O–H groups in total. The van der Waals surface area contributed by atoms with E-state index < -0.39 is 23.7 Å². The minimum atomic E-state index is -1.07. The number of carbonyl (C=O) groups excluding carboxylic acids is 1. The number of ether oxygens (including phenoxy) is 1. The summed E-state index contributed by atoms with van der Waals surface area (Å²) in [6, 6.07) is 17.4. The van der Waals surface area contributed by atoms with Crippen LogP contribution in [0.1, 0.15) is 43.9 Å². The topological polar surface area (TPSA) is 75.6 Å². The molecule has 0 saturated carbocycles. The molecular weight excluding hydrogens is 342 g/mol. The lowest BCUT2D eigenvalue weighted by Gasteiger charge is -2.22. The van der Waals surface area contributed by atoms with Crippen molar-refractivity contribution >= 4 is 12.1 Å². The lowest BCUT2D eigenvalue weighted by Crippen LogP contribution is -2.43. The predicted octanol–water partition coefficient (Wildman–Crippen LogP) is 4.19. The van der Waals surface area contributed by atoms with E-state index in [1.165, 1.54) is 11.1 Å². The quantitative estimate of drug-likeness (QED) is 0.767. The molecule has 0 saturated heterocycles. The highest BCUT2D eigenvalue weighted by molar-refractivity contribution is 5.80. The number of alkyl carbamates (subject to hydrolysis) is 1. The molecule has 0 aliphatic rings. The van der Waals surface area contributed by atoms with Gasteiger partial charge < -0.3 is 15.2 Å². The molecule has 0 aromatic heterocycles. The Morgan fingerprint density at radius 3 is 2.07 bits per heavy atom. The van der Waals surface area contributed by atoms with Gasteiger partial charge in [0, 0.05) is 0 Å². The predicted molar refractivity (Wildman–Crippen MR) is 105 cm³/mol. The van der Waals surface area contributed by atoms with Gasteiger partial charge in [-0.15, -0.1) is 0 Å². The van der Waals surface area contributed by atoms with Crippen molar-refractivity contribution < 1.29 is 19.4 Å². The minimum Gasteiger partial charge on any atom is -0.480 e. The third-order valence-electron chi connectivity index (χ3n) is 3.98. The Morgan fingerprint density at radius 2 is 1.52 bits per heavy atom. The standard InChI is InChI=1S/C22H27NO4/c1-22(2,3)27-21(26)23-19(20(24)25)14-13-16-9-11-18(12-10-16)15-17-7-5-4-6-8-17/h4-12,19H,13-15H2,1-3H3,(H,23,26)(H,24,25)/t19-/m0/s1. The number of benzene rings is 2. The molecule has 0 fully saturated rings. The third kappa shape index (κ3) is 7.52. The summed E-state index contributed by atoms with van der Waals surface area (Å²) in [5.74, 6) is -1.07. The summed E-state index contributed by atoms with van der Waals surface area (Å²) in [4.78, 5) is 23.2. The highest BCUT2D eigenvalue weighted by Gasteiger charge is 2.23. The van der Waals surface area contributed by atoms with Gasteiger partial charge >= 0.3 is 12.1 Å². The molecule has 0 heterocycles. The molecule has 0 spiro atoms. The van der Waals surface area contributed by atoms with Crippen molar-refractivity contribution in [2.45, 2.75) is 51.7 Å². The number of hydrogen-bond acceptors (Lipinski definition) is 3. The monoisotopic (exact) mass is 369 g/mol. The number of rotatable bonds is 7. The first-order valence-corrected chi connectivity index (χ1v) is 9.07. The van der Waals surface area contributed by atoms with Crippen LogP contribution in [0.4, 0.5) is 4.79 Å². The Kier molecular flexibility index (Phi) is 6.99. The van der Waals surface area contributed by atoms with E-state index in [1.807, 2.05) is 30.3 Å². The fourth-order valence-corrected chi connectivity index (χ4v) is 2.67. The van der Waals surface area contributed by atoms with Crippen LogP contribution < -0.4 is 5.32 Å². The van der Waals surface area contributed by atoms with Gasteiger partial charge in [0.1, 0.15) is 11.6 Å². The molecule has 0 aliphatic heterocycles. The van der Waals surface area contributed by atoms with Crippen molar-refractivity contribution in [3.63, 3.8) is 0 Å². The molecule has 0 bridgehead atoms. The Balaban J connectivity index is 1.89. The summed E-state index contributed by atoms with van der Waals surface area (Å²) in [7, 11) is 0. The minimum absolute atomic E-state index is 0.298. The number of nitrogens with one attached hydrogen (secondary N) is 1. The van der Waals surface area contributed by atoms with Gasteiger partial charge in [0.05, 0.1) is 0 Å². The molecule has 27 heavy (non-hydrogen) atoms. The molecule has 1 atom stereocenters. The van der Waals surface area contributed by atoms with Crippen LogP contribution in [0, 0.1) is 0 Å². The van der Waals surface area contributed by atoms with Gasteiger partial charge in [-0.25, -0.2) is 9.59 Å². The molecule has 1 amide bonds. The second-order valence-corrected chi connectivity index (χ2v) is 7.55. The summed E-state index contributed by atoms with van der Waals surface area (Å²) in [5.41, 5.74) is 2.82. The normalized spacial score (nSPS) is 12.3. The second kappa shape index (κ2) is 9.21. The average Bonchev–Trinajstić information content (AvgIpc) is 2.59. The molecule has 0 unspecified atom stereocenters. The first-order chi connectivity index (χ1) is 12.7. The van der Waals surface area contributed by atoms with Crippen LogP contribution in [0.3, 0.4) is 0 Å². The molecule has 0 aliphatic carbocycles. The maximum atomic E-state index is 11.8. The van der Waals surface area contributed by atoms with Crippen molar-refractivity contribution in [2.75, 3.05) is 0 Å². The molecule has 2 rings (SSSR count). The first-order valence-electron chi connectivity index (χ1n) is 9.07. The Morgan fingerprint density at radius 1 is 0.963 bits per heavy atom. The number of aliphatic carboxylic acids is 1. The van der Waals surface area contributed by atoms with Crippen LogP contribution >= 0.6 is 0 Å². The highest BCUT2D eigenvalue weighted by Crippen LogP contribution is 2.13. The maximum Gasteiger partial charge on any atom is 0.408 e. The van der Waals surface area contributed by atoms with Crippen LogP contribution in [0.2, 0.25) is 0 Å². The first kappa shape index (κ1) is 20.5. The van der Waals surface area contributed by atoms with E-state index in [-0.39, 0.29) is 0 Å². The molecule has 2 aromatic carbocycles. The molecular formula is C22H27NO4. The third-order valence-corrected chi connectivity index (χ3v) is 3.98. The average molecular weight is 369 g/mol. The van der Waals surface area contributed by atoms with E-state index >= 15 is 0 Å². The summed E-state index contributed by atoms with van der Waals surface area (Å²) in [5, 5.41) is 11.8. The zero-order valence-electron chi connectivity index (χ0n) is 16.1. The van der Waals surface area contributed by atoms with Crippen LogP contribution in [0.15, 0.2) is 54.6 Å². The van der Waals surface area contributed by atoms with Crippen molar-refractivity contribution in [3.05, 3.63) is 71.3 Å². The van der Waals surface area contributed by atoms with E-state index in [0.29, 0.717) is 12.8 Å². The Bertz CT molecular complexity index is 748. The van der Waals surface area contributed by atoms with E-state index in [0.717, 1.165) is 12.0 Å². The summed E-state index contributed by atoms with van der Waals surface area (Å²) in [6.45, 7) is 5.21. The maximum absolute atomic E-state index is 11.8. The van der Waals surface area contributed by atoms with Crippen LogP contribution in [0.5, 0.6) is 0 Å². The summed E-state index contributed by atoms with van der Waals surface area (Å²) < 4.78 is 5.13. The van der Waals surface area contributed by atoms with Crippen molar-refractivity contribution in [1.82, 2.24) is 5.32 Å². The van der Waals surface area contributed by atoms with Gasteiger partial charge in [-0.05, 0) is 56.7 Å². The summed E-state index contributed by atoms with van der Waals surface area (Å²) in [6.07, 6.45) is 0.998. The van der Waals surface area contributed by atoms with E-state index in [1.54, 1.807) is 20.8 Å². The Hall–Kier alpha value is -2.82. The smallest absolute Gasteiger partial charge is 0.408 e. The Labute approximate surface area is 160 Å². The van der Waals surface area contributed by atoms with Crippen LogP contribution in [-0.2, 0) is 22.4 Å². The van der Waals surface area contributed by atoms with Gasteiger partial charge in [0.2, 0.25) is 0 Å². The number of carboxylic acids is 1. The number of carboxylic acid groups (broad SMARTS) is 1. The molecule has 5 heteroatoms. The van der Waals surface area contributed by atoms with Crippen LogP contribution in [0.25, 0.3) is 0 Å². The SMILES string of the molecule is CC(C)(C)OC(=O)N[C@@H](CCc1ccc(Cc2ccccc2)cc1)C(=O)O. The van der Waals surface area contributed by atoms with Crippen molar-refractivity contribution in [3.8, 4) is 0 Å². The van der Waals surface area contributed by atoms with Gasteiger partial charge in [-0.2, -0.15) is 0 Å². The largest absolute Gasteiger partial charge is 0.480 e. The summed E-state index contributed by atoms with van der Waals surface area (Å²) >= 11 is 0. The lowest BCUT2D eigenvalue weighted by atomic mass is 10.0. The zero-order chi connectivity index (χ0) is 19.9. The molecule has 144 valence electrons. The van der Waals surface area contributed by atoms with E-state index in [2.05, 4.69) is 29.6 Å². The number of hydrogen-bond donors (Lipinski definition) is 2. The highest BCUT2D eigenvalue weighted by atomic mass is 16.6. The molecule has 5 nitrogen and oxygen atoms in total. The number of carbonyl (C=O) groups is 2. The van der Waals surface area contributed by atoms with Gasteiger partial charge in [-0.1, -0.05) is 54.6 Å². The fourth-order valence-electron chi connectivity index (χ4n) is 2.67. The van der Waals surface area contributed by atoms with E-state index in [9.17, 15) is 14.7 Å². The molecule has 2 aromatic rings. The van der Waals surface area contributed by atoms with E-state index in [4.69, 9.17) is 4.74 Å². The fraction of sp³-hybridized carbons (Fsp3) is 0.364. The van der Waals surface area contributed by atoms with Gasteiger partial charge in [-0.3, -0.25) is 0 Å². The zero-order valence-corrected chi connectivity index (χ0v) is 16.1. The second-order valence-electron chi connectivity index (χ2n) is 7.55. The molecule has 0 radical (unpaired) electrons. The van der Waals surface area contributed by atoms with Crippen LogP contribution in [-0.4, -0.2) is 28.8 Å².